The van der Waals surface area contributed by atoms with Crippen LogP contribution in [0.2, 0.25) is 0 Å². The van der Waals surface area contributed by atoms with Gasteiger partial charge in [0.05, 0.1) is 5.56 Å². The van der Waals surface area contributed by atoms with E-state index in [1.807, 2.05) is 12.1 Å². The van der Waals surface area contributed by atoms with Gasteiger partial charge in [0.15, 0.2) is 34.9 Å². The molecule has 10 heteroatoms. The molecule has 3 aromatic rings. The molecule has 0 saturated carbocycles. The molecule has 134 valence electrons. The summed E-state index contributed by atoms with van der Waals surface area (Å²) in [7, 11) is 1.52. The zero-order valence-corrected chi connectivity index (χ0v) is 14.6. The summed E-state index contributed by atoms with van der Waals surface area (Å²) in [6.45, 7) is 0. The third-order valence-corrected chi connectivity index (χ3v) is 4.63. The minimum atomic E-state index is -0.575. The predicted octanol–water partition coefficient (Wildman–Crippen LogP) is 1.25. The first-order valence-electron chi connectivity index (χ1n) is 7.99. The molecule has 0 bridgehead atoms. The Hall–Kier alpha value is -5.06. The van der Waals surface area contributed by atoms with E-state index in [4.69, 9.17) is 5.26 Å². The van der Waals surface area contributed by atoms with Gasteiger partial charge in [-0.3, -0.25) is 9.59 Å². The van der Waals surface area contributed by atoms with Crippen molar-refractivity contribution in [2.24, 2.45) is 7.05 Å². The van der Waals surface area contributed by atoms with Gasteiger partial charge in [-0.1, -0.05) is 0 Å². The lowest BCUT2D eigenvalue weighted by molar-refractivity contribution is 0.0967. The van der Waals surface area contributed by atoms with Crippen LogP contribution in [0.1, 0.15) is 43.5 Å². The lowest BCUT2D eigenvalue weighted by Crippen LogP contribution is -2.09. The molecule has 2 aromatic heterocycles. The van der Waals surface area contributed by atoms with Crippen molar-refractivity contribution in [3.8, 4) is 47.1 Å². The van der Waals surface area contributed by atoms with Gasteiger partial charge in [0.2, 0.25) is 0 Å². The summed E-state index contributed by atoms with van der Waals surface area (Å²) in [6, 6.07) is 10.1. The molecule has 4 rings (SSSR count). The lowest BCUT2D eigenvalue weighted by atomic mass is 9.99. The van der Waals surface area contributed by atoms with Gasteiger partial charge in [-0.15, -0.1) is 0 Å². The lowest BCUT2D eigenvalue weighted by Gasteiger charge is -2.08. The number of carbonyl (C=O) groups excluding carboxylic acids is 2. The van der Waals surface area contributed by atoms with Crippen LogP contribution in [-0.2, 0) is 7.05 Å². The van der Waals surface area contributed by atoms with Gasteiger partial charge in [-0.2, -0.15) is 21.0 Å². The Morgan fingerprint density at radius 3 is 2.03 bits per heavy atom. The van der Waals surface area contributed by atoms with Crippen molar-refractivity contribution < 1.29 is 9.59 Å². The third-order valence-electron chi connectivity index (χ3n) is 4.63. The largest absolute Gasteiger partial charge is 0.318 e. The number of nitriles is 4. The quantitative estimate of drug-likeness (QED) is 0.470. The predicted molar refractivity (Wildman–Crippen MR) is 93.8 cm³/mol. The molecule has 1 aliphatic rings. The summed E-state index contributed by atoms with van der Waals surface area (Å²) < 4.78 is 2.39. The highest BCUT2D eigenvalue weighted by molar-refractivity contribution is 6.11. The van der Waals surface area contributed by atoms with Gasteiger partial charge < -0.3 is 4.57 Å². The summed E-state index contributed by atoms with van der Waals surface area (Å²) in [4.78, 5) is 32.8. The topological polar surface area (TPSA) is 165 Å². The van der Waals surface area contributed by atoms with Crippen LogP contribution in [0.4, 0.5) is 0 Å². The SMILES string of the molecule is Cn1c(-c2cc3c(cc2C=O)-c2nc(C#N)c(C#N)n2C3=O)nc(C#N)c1C#N. The number of imidazole rings is 2. The molecule has 0 saturated heterocycles. The number of hydrogen-bond donors (Lipinski definition) is 0. The van der Waals surface area contributed by atoms with Gasteiger partial charge in [0, 0.05) is 23.7 Å². The molecule has 29 heavy (non-hydrogen) atoms. The van der Waals surface area contributed by atoms with E-state index in [1.165, 1.54) is 23.7 Å². The van der Waals surface area contributed by atoms with Crippen LogP contribution in [0, 0.1) is 45.3 Å². The van der Waals surface area contributed by atoms with Crippen LogP contribution in [0.25, 0.3) is 22.8 Å². The van der Waals surface area contributed by atoms with E-state index in [1.54, 1.807) is 12.1 Å². The zero-order valence-electron chi connectivity index (χ0n) is 14.6. The maximum atomic E-state index is 12.9. The zero-order chi connectivity index (χ0) is 20.9. The summed E-state index contributed by atoms with van der Waals surface area (Å²) >= 11 is 0. The van der Waals surface area contributed by atoms with Crippen LogP contribution < -0.4 is 0 Å². The molecule has 0 fully saturated rings. The van der Waals surface area contributed by atoms with E-state index in [-0.39, 0.29) is 51.1 Å². The van der Waals surface area contributed by atoms with Crippen LogP contribution in [0.3, 0.4) is 0 Å². The standard InChI is InChI=1S/C19H6N8O2/c1-26-15(6-22)13(4-20)24-17(26)10-3-12-11(2-9(10)8-28)18-25-14(5-21)16(7-23)27(18)19(12)29/h2-3,8H,1H3. The average molecular weight is 378 g/mol. The van der Waals surface area contributed by atoms with Gasteiger partial charge in [0.25, 0.3) is 5.91 Å². The molecule has 1 aromatic carbocycles. The Kier molecular flexibility index (Phi) is 3.58. The smallest absolute Gasteiger partial charge is 0.265 e. The van der Waals surface area contributed by atoms with Gasteiger partial charge in [-0.05, 0) is 12.1 Å². The second kappa shape index (κ2) is 5.99. The first-order valence-corrected chi connectivity index (χ1v) is 7.99. The second-order valence-electron chi connectivity index (χ2n) is 6.01. The summed E-state index contributed by atoms with van der Waals surface area (Å²) in [5.74, 6) is -0.309. The molecule has 0 radical (unpaired) electrons. The molecule has 0 atom stereocenters. The third kappa shape index (κ3) is 2.12. The second-order valence-corrected chi connectivity index (χ2v) is 6.01. The number of aromatic nitrogens is 4. The Bertz CT molecular complexity index is 1440. The molecule has 3 heterocycles. The Morgan fingerprint density at radius 1 is 0.862 bits per heavy atom. The average Bonchev–Trinajstić information content (AvgIpc) is 3.36. The fourth-order valence-corrected chi connectivity index (χ4v) is 3.32. The Labute approximate surface area is 162 Å². The first-order chi connectivity index (χ1) is 14.0. The first kappa shape index (κ1) is 17.4. The van der Waals surface area contributed by atoms with Crippen molar-refractivity contribution in [3.63, 3.8) is 0 Å². The monoisotopic (exact) mass is 378 g/mol. The van der Waals surface area contributed by atoms with Crippen molar-refractivity contribution >= 4 is 12.2 Å². The molecular formula is C19H6N8O2. The van der Waals surface area contributed by atoms with E-state index in [9.17, 15) is 25.4 Å². The number of hydrogen-bond acceptors (Lipinski definition) is 8. The van der Waals surface area contributed by atoms with E-state index in [0.717, 1.165) is 4.57 Å². The molecule has 10 nitrogen and oxygen atoms in total. The highest BCUT2D eigenvalue weighted by Crippen LogP contribution is 2.37. The molecule has 0 amide bonds. The fourth-order valence-electron chi connectivity index (χ4n) is 3.32. The molecule has 0 aliphatic carbocycles. The van der Waals surface area contributed by atoms with Crippen LogP contribution in [-0.4, -0.2) is 31.3 Å². The number of carbonyl (C=O) groups is 2. The maximum Gasteiger partial charge on any atom is 0.265 e. The van der Waals surface area contributed by atoms with Crippen molar-refractivity contribution in [1.82, 2.24) is 19.1 Å². The minimum absolute atomic E-state index is 0.0181. The van der Waals surface area contributed by atoms with E-state index in [0.29, 0.717) is 11.8 Å². The highest BCUT2D eigenvalue weighted by atomic mass is 16.2. The molecule has 1 aliphatic heterocycles. The number of rotatable bonds is 2. The van der Waals surface area contributed by atoms with Crippen LogP contribution in [0.5, 0.6) is 0 Å². The van der Waals surface area contributed by atoms with Gasteiger partial charge >= 0.3 is 0 Å². The van der Waals surface area contributed by atoms with Crippen molar-refractivity contribution in [2.45, 2.75) is 0 Å². The van der Waals surface area contributed by atoms with Crippen molar-refractivity contribution in [3.05, 3.63) is 46.0 Å². The number of nitrogens with zero attached hydrogens (tertiary/aromatic N) is 8. The van der Waals surface area contributed by atoms with E-state index >= 15 is 0 Å². The van der Waals surface area contributed by atoms with Crippen molar-refractivity contribution in [1.29, 1.82) is 21.0 Å². The van der Waals surface area contributed by atoms with Crippen LogP contribution in [0.15, 0.2) is 12.1 Å². The Balaban J connectivity index is 2.02. The minimum Gasteiger partial charge on any atom is -0.318 e. The normalized spacial score (nSPS) is 11.0. The molecule has 0 unspecified atom stereocenters. The molecule has 0 spiro atoms. The van der Waals surface area contributed by atoms with E-state index < -0.39 is 5.91 Å². The summed E-state index contributed by atoms with van der Waals surface area (Å²) in [6.07, 6.45) is 0.550. The number of benzene rings is 1. The van der Waals surface area contributed by atoms with E-state index in [2.05, 4.69) is 9.97 Å². The van der Waals surface area contributed by atoms with Gasteiger partial charge in [0.1, 0.15) is 30.1 Å². The Morgan fingerprint density at radius 2 is 1.48 bits per heavy atom. The van der Waals surface area contributed by atoms with Crippen LogP contribution >= 0.6 is 0 Å². The highest BCUT2D eigenvalue weighted by Gasteiger charge is 2.34. The number of aldehydes is 1. The summed E-state index contributed by atoms with van der Waals surface area (Å²) in [5, 5.41) is 36.9. The maximum absolute atomic E-state index is 12.9. The summed E-state index contributed by atoms with van der Waals surface area (Å²) in [5.41, 5.74) is 0.400. The van der Waals surface area contributed by atoms with Gasteiger partial charge in [-0.25, -0.2) is 14.5 Å². The molecule has 0 N–H and O–H groups in total. The van der Waals surface area contributed by atoms with Crippen molar-refractivity contribution in [2.75, 3.05) is 0 Å². The number of fused-ring (bicyclic) bond motifs is 3. The molecular weight excluding hydrogens is 372 g/mol. The fraction of sp³-hybridized carbons (Fsp3) is 0.0526.